The van der Waals surface area contributed by atoms with Crippen molar-refractivity contribution in [1.29, 1.82) is 0 Å². The Bertz CT molecular complexity index is 928. The molecule has 0 saturated carbocycles. The first kappa shape index (κ1) is 25.1. The molecule has 0 heterocycles. The first-order chi connectivity index (χ1) is 15.1. The number of hydrogen-bond acceptors (Lipinski definition) is 4. The van der Waals surface area contributed by atoms with Crippen LogP contribution in [0.4, 0.5) is 0 Å². The number of ether oxygens (including phenoxy) is 1. The average molecular weight is 439 g/mol. The Morgan fingerprint density at radius 1 is 0.750 bits per heavy atom. The van der Waals surface area contributed by atoms with Gasteiger partial charge >= 0.3 is 5.97 Å². The average Bonchev–Trinajstić information content (AvgIpc) is 2.77. The van der Waals surface area contributed by atoms with E-state index in [0.717, 1.165) is 24.0 Å². The van der Waals surface area contributed by atoms with Gasteiger partial charge in [0.15, 0.2) is 0 Å². The molecule has 0 fully saturated rings. The predicted octanol–water partition coefficient (Wildman–Crippen LogP) is 4.67. The van der Waals surface area contributed by atoms with E-state index in [0.29, 0.717) is 11.1 Å². The van der Waals surface area contributed by atoms with Gasteiger partial charge in [0, 0.05) is 11.1 Å². The zero-order valence-electron chi connectivity index (χ0n) is 20.0. The first-order valence-electron chi connectivity index (χ1n) is 11.1. The van der Waals surface area contributed by atoms with E-state index in [2.05, 4.69) is 0 Å². The topological polar surface area (TPSA) is 66.9 Å². The number of hydrogen-bond donors (Lipinski definition) is 0. The first-order valence-corrected chi connectivity index (χ1v) is 11.1. The Kier molecular flexibility index (Phi) is 8.58. The summed E-state index contributed by atoms with van der Waals surface area (Å²) in [6.45, 7) is 11.1. The zero-order chi connectivity index (χ0) is 23.9. The largest absolute Gasteiger partial charge is 0.465 e. The zero-order valence-corrected chi connectivity index (χ0v) is 20.0. The van der Waals surface area contributed by atoms with Gasteiger partial charge in [-0.05, 0) is 75.9 Å². The Morgan fingerprint density at radius 2 is 1.19 bits per heavy atom. The number of benzene rings is 2. The van der Waals surface area contributed by atoms with Crippen molar-refractivity contribution >= 4 is 17.8 Å². The van der Waals surface area contributed by atoms with Crippen LogP contribution >= 0.6 is 0 Å². The third-order valence-electron chi connectivity index (χ3n) is 5.11. The molecule has 0 aromatic heterocycles. The second-order valence-electron chi connectivity index (χ2n) is 8.56. The van der Waals surface area contributed by atoms with Crippen molar-refractivity contribution in [1.82, 2.24) is 10.0 Å². The minimum atomic E-state index is -0.772. The number of esters is 1. The van der Waals surface area contributed by atoms with E-state index >= 15 is 0 Å². The highest BCUT2D eigenvalue weighted by Crippen LogP contribution is 2.23. The lowest BCUT2D eigenvalue weighted by molar-refractivity contribution is -0.148. The summed E-state index contributed by atoms with van der Waals surface area (Å²) >= 11 is 0. The Hall–Kier alpha value is -3.15. The van der Waals surface area contributed by atoms with Gasteiger partial charge in [0.2, 0.25) is 0 Å². The van der Waals surface area contributed by atoms with Gasteiger partial charge in [0.1, 0.15) is 6.54 Å². The summed E-state index contributed by atoms with van der Waals surface area (Å²) in [4.78, 5) is 39.5. The lowest BCUT2D eigenvalue weighted by Gasteiger charge is -2.43. The van der Waals surface area contributed by atoms with Crippen molar-refractivity contribution in [2.75, 3.05) is 13.2 Å². The molecule has 0 aliphatic rings. The third kappa shape index (κ3) is 6.19. The summed E-state index contributed by atoms with van der Waals surface area (Å²) in [5.41, 5.74) is 2.28. The van der Waals surface area contributed by atoms with Crippen LogP contribution in [0.15, 0.2) is 48.5 Å². The van der Waals surface area contributed by atoms with Crippen molar-refractivity contribution in [3.05, 3.63) is 70.8 Å². The summed E-state index contributed by atoms with van der Waals surface area (Å²) < 4.78 is 5.10. The van der Waals surface area contributed by atoms with Gasteiger partial charge in [0.05, 0.1) is 12.1 Å². The van der Waals surface area contributed by atoms with Crippen LogP contribution in [0.25, 0.3) is 0 Å². The van der Waals surface area contributed by atoms with Crippen LogP contribution in [-0.2, 0) is 22.4 Å². The highest BCUT2D eigenvalue weighted by atomic mass is 16.5. The number of aryl methyl sites for hydroxylation is 2. The number of carbonyl (C=O) groups excluding carboxylic acids is 3. The molecule has 0 unspecified atom stereocenters. The maximum atomic E-state index is 13.6. The molecule has 2 amide bonds. The highest BCUT2D eigenvalue weighted by Gasteiger charge is 2.37. The standard InChI is InChI=1S/C26H34N2O4/c1-7-19-10-14-21(15-11-19)24(30)27(18-23(29)32-9-3)28(26(4,5)6)25(31)22-16-12-20(8-2)13-17-22/h10-17H,7-9,18H2,1-6H3. The summed E-state index contributed by atoms with van der Waals surface area (Å²) in [5.74, 6) is -1.37. The van der Waals surface area contributed by atoms with Crippen molar-refractivity contribution in [2.24, 2.45) is 0 Å². The van der Waals surface area contributed by atoms with Gasteiger partial charge in [-0.1, -0.05) is 38.1 Å². The molecule has 6 nitrogen and oxygen atoms in total. The minimum Gasteiger partial charge on any atom is -0.465 e. The van der Waals surface area contributed by atoms with E-state index in [1.807, 2.05) is 58.9 Å². The van der Waals surface area contributed by atoms with Gasteiger partial charge < -0.3 is 4.74 Å². The van der Waals surface area contributed by atoms with Gasteiger partial charge in [-0.15, -0.1) is 0 Å². The second-order valence-corrected chi connectivity index (χ2v) is 8.56. The van der Waals surface area contributed by atoms with Crippen LogP contribution in [0.2, 0.25) is 0 Å². The lowest BCUT2D eigenvalue weighted by atomic mass is 10.0. The predicted molar refractivity (Wildman–Crippen MR) is 125 cm³/mol. The smallest absolute Gasteiger partial charge is 0.327 e. The summed E-state index contributed by atoms with van der Waals surface area (Å²) in [6, 6.07) is 14.5. The molecule has 0 spiro atoms. The van der Waals surface area contributed by atoms with Gasteiger partial charge in [-0.3, -0.25) is 14.4 Å². The fourth-order valence-electron chi connectivity index (χ4n) is 3.38. The highest BCUT2D eigenvalue weighted by molar-refractivity contribution is 6.00. The number of amides is 2. The fourth-order valence-corrected chi connectivity index (χ4v) is 3.38. The molecule has 0 aliphatic heterocycles. The summed E-state index contributed by atoms with van der Waals surface area (Å²) in [6.07, 6.45) is 1.71. The minimum absolute atomic E-state index is 0.188. The molecular weight excluding hydrogens is 404 g/mol. The molecule has 0 N–H and O–H groups in total. The molecule has 172 valence electrons. The monoisotopic (exact) mass is 438 g/mol. The normalized spacial score (nSPS) is 11.1. The van der Waals surface area contributed by atoms with E-state index in [4.69, 9.17) is 4.74 Å². The van der Waals surface area contributed by atoms with Crippen molar-refractivity contribution in [3.63, 3.8) is 0 Å². The fraction of sp³-hybridized carbons (Fsp3) is 0.423. The molecule has 32 heavy (non-hydrogen) atoms. The second kappa shape index (κ2) is 10.9. The Morgan fingerprint density at radius 3 is 1.56 bits per heavy atom. The van der Waals surface area contributed by atoms with Crippen LogP contribution in [-0.4, -0.2) is 46.5 Å². The summed E-state index contributed by atoms with van der Waals surface area (Å²) in [5, 5.41) is 2.57. The van der Waals surface area contributed by atoms with Crippen LogP contribution < -0.4 is 0 Å². The molecule has 0 saturated heterocycles. The molecule has 0 bridgehead atoms. The van der Waals surface area contributed by atoms with Gasteiger partial charge in [-0.2, -0.15) is 0 Å². The van der Waals surface area contributed by atoms with E-state index in [9.17, 15) is 14.4 Å². The summed E-state index contributed by atoms with van der Waals surface area (Å²) in [7, 11) is 0. The van der Waals surface area contributed by atoms with E-state index in [1.54, 1.807) is 31.2 Å². The Balaban J connectivity index is 2.51. The molecule has 2 aromatic carbocycles. The number of hydrazine groups is 1. The molecule has 0 aliphatic carbocycles. The maximum absolute atomic E-state index is 13.6. The lowest BCUT2D eigenvalue weighted by Crippen LogP contribution is -2.59. The number of carbonyl (C=O) groups is 3. The van der Waals surface area contributed by atoms with Crippen LogP contribution in [0.3, 0.4) is 0 Å². The van der Waals surface area contributed by atoms with E-state index in [-0.39, 0.29) is 19.1 Å². The van der Waals surface area contributed by atoms with Crippen molar-refractivity contribution < 1.29 is 19.1 Å². The van der Waals surface area contributed by atoms with E-state index < -0.39 is 17.4 Å². The third-order valence-corrected chi connectivity index (χ3v) is 5.11. The maximum Gasteiger partial charge on any atom is 0.327 e. The SMILES string of the molecule is CCOC(=O)CN(C(=O)c1ccc(CC)cc1)N(C(=O)c1ccc(CC)cc1)C(C)(C)C. The quantitative estimate of drug-likeness (QED) is 0.465. The van der Waals surface area contributed by atoms with Crippen LogP contribution in [0.1, 0.15) is 73.4 Å². The van der Waals surface area contributed by atoms with Gasteiger partial charge in [-0.25, -0.2) is 10.0 Å². The van der Waals surface area contributed by atoms with Crippen LogP contribution in [0.5, 0.6) is 0 Å². The molecule has 0 atom stereocenters. The van der Waals surface area contributed by atoms with Crippen LogP contribution in [0, 0.1) is 0 Å². The number of rotatable bonds is 7. The molecule has 6 heteroatoms. The van der Waals surface area contributed by atoms with Crippen molar-refractivity contribution in [2.45, 2.75) is 59.9 Å². The Labute approximate surface area is 191 Å². The number of nitrogens with zero attached hydrogens (tertiary/aromatic N) is 2. The van der Waals surface area contributed by atoms with Gasteiger partial charge in [0.25, 0.3) is 11.8 Å². The molecule has 2 aromatic rings. The molecule has 0 radical (unpaired) electrons. The molecular formula is C26H34N2O4. The molecule has 2 rings (SSSR count). The van der Waals surface area contributed by atoms with Crippen molar-refractivity contribution in [3.8, 4) is 0 Å². The van der Waals surface area contributed by atoms with E-state index in [1.165, 1.54) is 10.0 Å².